The lowest BCUT2D eigenvalue weighted by molar-refractivity contribution is -0.141. The smallest absolute Gasteiger partial charge is 0.360 e. The fraction of sp³-hybridized carbons (Fsp3) is 0.586. The van der Waals surface area contributed by atoms with Crippen LogP contribution in [0.5, 0.6) is 0 Å². The van der Waals surface area contributed by atoms with E-state index in [4.69, 9.17) is 27.9 Å². The van der Waals surface area contributed by atoms with E-state index in [1.165, 1.54) is 29.1 Å². The van der Waals surface area contributed by atoms with E-state index in [-0.39, 0.29) is 30.2 Å². The fourth-order valence-corrected chi connectivity index (χ4v) is 5.95. The van der Waals surface area contributed by atoms with E-state index < -0.39 is 48.7 Å². The van der Waals surface area contributed by atoms with Crippen molar-refractivity contribution in [1.82, 2.24) is 30.5 Å². The van der Waals surface area contributed by atoms with Gasteiger partial charge in [-0.3, -0.25) is 19.3 Å². The zero-order valence-electron chi connectivity index (χ0n) is 26.4. The number of carbonyl (C=O) groups excluding carboxylic acids is 2. The Morgan fingerprint density at radius 1 is 1.18 bits per heavy atom. The maximum Gasteiger partial charge on any atom is 0.434 e. The maximum atomic E-state index is 14.4. The highest BCUT2D eigenvalue weighted by atomic mass is 35.5. The second-order valence-corrected chi connectivity index (χ2v) is 19.0. The topological polar surface area (TPSA) is 113 Å². The number of aromatic nitrogens is 3. The molecule has 0 radical (unpaired) electrons. The number of amides is 2. The average molecular weight is 693 g/mol. The van der Waals surface area contributed by atoms with Gasteiger partial charge in [-0.1, -0.05) is 19.6 Å². The number of nitrogens with one attached hydrogen (secondary N) is 3. The van der Waals surface area contributed by atoms with Gasteiger partial charge in [0.05, 0.1) is 6.04 Å². The van der Waals surface area contributed by atoms with Gasteiger partial charge in [0.25, 0.3) is 5.91 Å². The van der Waals surface area contributed by atoms with E-state index in [1.807, 2.05) is 6.92 Å². The van der Waals surface area contributed by atoms with Crippen molar-refractivity contribution >= 4 is 54.5 Å². The molecular weight excluding hydrogens is 650 g/mol. The van der Waals surface area contributed by atoms with Crippen LogP contribution in [0.3, 0.4) is 0 Å². The highest BCUT2D eigenvalue weighted by Crippen LogP contribution is 2.39. The van der Waals surface area contributed by atoms with Crippen molar-refractivity contribution < 1.29 is 27.5 Å². The molecule has 16 heteroatoms. The van der Waals surface area contributed by atoms with Gasteiger partial charge >= 0.3 is 6.18 Å². The Labute approximate surface area is 273 Å². The summed E-state index contributed by atoms with van der Waals surface area (Å²) in [5.41, 5.74) is 3.19. The van der Waals surface area contributed by atoms with Crippen LogP contribution in [0.4, 0.5) is 19.0 Å². The molecule has 3 rings (SSSR count). The molecule has 1 unspecified atom stereocenters. The molecule has 2 atom stereocenters. The van der Waals surface area contributed by atoms with Gasteiger partial charge in [0, 0.05) is 44.3 Å². The molecule has 3 heterocycles. The first-order chi connectivity index (χ1) is 21.0. The Kier molecular flexibility index (Phi) is 12.9. The summed E-state index contributed by atoms with van der Waals surface area (Å²) in [6.45, 7) is 13.2. The van der Waals surface area contributed by atoms with Crippen LogP contribution >= 0.6 is 23.2 Å². The molecule has 2 aromatic rings. The van der Waals surface area contributed by atoms with Gasteiger partial charge in [-0.05, 0) is 64.3 Å². The third kappa shape index (κ3) is 10.4. The van der Waals surface area contributed by atoms with Gasteiger partial charge in [-0.25, -0.2) is 10.4 Å². The number of anilines is 1. The number of hydrogen-bond acceptors (Lipinski definition) is 7. The summed E-state index contributed by atoms with van der Waals surface area (Å²) in [5.74, 6) is -1.58. The van der Waals surface area contributed by atoms with Crippen molar-refractivity contribution in [2.75, 3.05) is 18.7 Å². The number of rotatable bonds is 15. The largest absolute Gasteiger partial charge is 0.434 e. The Balaban J connectivity index is 1.83. The van der Waals surface area contributed by atoms with Crippen LogP contribution < -0.4 is 16.1 Å². The number of nitrogens with zero attached hydrogens (tertiary/aromatic N) is 4. The summed E-state index contributed by atoms with van der Waals surface area (Å²) in [7, 11) is -1.29. The van der Waals surface area contributed by atoms with Crippen LogP contribution in [-0.4, -0.2) is 69.9 Å². The number of carbonyl (C=O) groups is 2. The van der Waals surface area contributed by atoms with E-state index in [0.29, 0.717) is 37.3 Å². The van der Waals surface area contributed by atoms with Gasteiger partial charge in [-0.2, -0.15) is 18.3 Å². The van der Waals surface area contributed by atoms with Crippen LogP contribution in [0.15, 0.2) is 30.1 Å². The SMILES string of the molecule is CCn1nccc1C(=O)N[C@@H](CCCC(Cl)Cl)C(=O)Nc1ccc(C2=C(C)N(COCC[Si](C)(C)C)NC2C)c(C(F)(F)F)n1. The summed E-state index contributed by atoms with van der Waals surface area (Å²) in [4.78, 5) is 29.4. The van der Waals surface area contributed by atoms with Gasteiger partial charge in [-0.15, -0.1) is 23.2 Å². The van der Waals surface area contributed by atoms with Crippen molar-refractivity contribution in [2.24, 2.45) is 0 Å². The maximum absolute atomic E-state index is 14.4. The molecule has 1 aliphatic rings. The van der Waals surface area contributed by atoms with E-state index in [0.717, 1.165) is 6.04 Å². The number of pyridine rings is 1. The molecule has 45 heavy (non-hydrogen) atoms. The lowest BCUT2D eigenvalue weighted by atomic mass is 9.97. The average Bonchev–Trinajstić information content (AvgIpc) is 3.53. The van der Waals surface area contributed by atoms with Gasteiger partial charge in [0.1, 0.15) is 29.1 Å². The molecule has 250 valence electrons. The number of hydrazine groups is 1. The summed E-state index contributed by atoms with van der Waals surface area (Å²) in [6, 6.07) is 3.55. The highest BCUT2D eigenvalue weighted by Gasteiger charge is 2.40. The molecule has 0 aromatic carbocycles. The Bertz CT molecular complexity index is 1370. The number of allylic oxidation sites excluding steroid dienone is 1. The predicted octanol–water partition coefficient (Wildman–Crippen LogP) is 6.28. The summed E-state index contributed by atoms with van der Waals surface area (Å²) in [5, 5.41) is 10.9. The van der Waals surface area contributed by atoms with E-state index in [9.17, 15) is 22.8 Å². The summed E-state index contributed by atoms with van der Waals surface area (Å²) >= 11 is 11.7. The predicted molar refractivity (Wildman–Crippen MR) is 172 cm³/mol. The monoisotopic (exact) mass is 691 g/mol. The molecule has 0 bridgehead atoms. The van der Waals surface area contributed by atoms with Crippen LogP contribution in [0.2, 0.25) is 25.7 Å². The minimum atomic E-state index is -4.81. The molecule has 0 saturated heterocycles. The molecule has 0 saturated carbocycles. The number of aryl methyl sites for hydroxylation is 1. The standard InChI is InChI=1S/C29H42Cl2F3N7O3Si/c1-7-40-22(13-14-35-40)28(43)36-21(9-8-10-23(30)31)27(42)38-24-12-11-20(26(37-24)29(32,33)34)25-18(2)39-41(19(25)3)17-44-15-16-45(4,5)6/h11-14,18,21,23,39H,7-10,15-17H2,1-6H3,(H,36,43)(H,37,38,42)/t18?,21-/m0/s1. The third-order valence-electron chi connectivity index (χ3n) is 7.28. The second-order valence-electron chi connectivity index (χ2n) is 12.1. The number of halogens is 5. The molecular formula is C29H42Cl2F3N7O3Si. The van der Waals surface area contributed by atoms with Gasteiger partial charge < -0.3 is 15.4 Å². The number of alkyl halides is 5. The van der Waals surface area contributed by atoms with Crippen LogP contribution in [-0.2, 0) is 22.3 Å². The van der Waals surface area contributed by atoms with Crippen LogP contribution in [0.25, 0.3) is 5.57 Å². The van der Waals surface area contributed by atoms with Crippen molar-refractivity contribution in [3.8, 4) is 0 Å². The van der Waals surface area contributed by atoms with Crippen molar-refractivity contribution in [1.29, 1.82) is 0 Å². The Morgan fingerprint density at radius 3 is 2.51 bits per heavy atom. The van der Waals surface area contributed by atoms with Crippen molar-refractivity contribution in [3.63, 3.8) is 0 Å². The van der Waals surface area contributed by atoms with Crippen molar-refractivity contribution in [2.45, 2.75) is 95.4 Å². The second kappa shape index (κ2) is 15.8. The molecule has 3 N–H and O–H groups in total. The third-order valence-corrected chi connectivity index (χ3v) is 9.43. The van der Waals surface area contributed by atoms with Crippen molar-refractivity contribution in [3.05, 3.63) is 47.0 Å². The first kappa shape index (κ1) is 36.8. The normalized spacial score (nSPS) is 16.4. The zero-order valence-corrected chi connectivity index (χ0v) is 28.9. The molecule has 2 amide bonds. The van der Waals surface area contributed by atoms with Gasteiger partial charge in [0.2, 0.25) is 5.91 Å². The minimum Gasteiger partial charge on any atom is -0.360 e. The first-order valence-corrected chi connectivity index (χ1v) is 19.4. The first-order valence-electron chi connectivity index (χ1n) is 14.8. The molecule has 0 aliphatic carbocycles. The Hall–Kier alpha value is -2.65. The lowest BCUT2D eigenvalue weighted by Crippen LogP contribution is -2.44. The fourth-order valence-electron chi connectivity index (χ4n) is 4.88. The quantitative estimate of drug-likeness (QED) is 0.114. The highest BCUT2D eigenvalue weighted by molar-refractivity contribution is 6.76. The van der Waals surface area contributed by atoms with E-state index in [1.54, 1.807) is 18.9 Å². The van der Waals surface area contributed by atoms with Crippen LogP contribution in [0.1, 0.15) is 61.8 Å². The number of hydrogen-bond donors (Lipinski definition) is 3. The lowest BCUT2D eigenvalue weighted by Gasteiger charge is -2.22. The Morgan fingerprint density at radius 2 is 1.89 bits per heavy atom. The summed E-state index contributed by atoms with van der Waals surface area (Å²) in [6.07, 6.45) is -2.49. The molecule has 0 fully saturated rings. The zero-order chi connectivity index (χ0) is 33.5. The summed E-state index contributed by atoms with van der Waals surface area (Å²) < 4.78 is 50.4. The molecule has 0 spiro atoms. The molecule has 1 aliphatic heterocycles. The van der Waals surface area contributed by atoms with Gasteiger partial charge in [0.15, 0.2) is 5.69 Å². The minimum absolute atomic E-state index is 0.101. The van der Waals surface area contributed by atoms with E-state index in [2.05, 4.69) is 45.8 Å². The van der Waals surface area contributed by atoms with E-state index >= 15 is 0 Å². The molecule has 10 nitrogen and oxygen atoms in total. The van der Waals surface area contributed by atoms with Crippen LogP contribution in [0, 0.1) is 0 Å². The number of ether oxygens (including phenoxy) is 1. The molecule has 2 aromatic heterocycles.